The van der Waals surface area contributed by atoms with E-state index in [0.29, 0.717) is 51.7 Å². The van der Waals surface area contributed by atoms with E-state index in [-0.39, 0.29) is 24.0 Å². The molecule has 42 heavy (non-hydrogen) atoms. The van der Waals surface area contributed by atoms with E-state index in [1.54, 1.807) is 12.1 Å². The third-order valence-corrected chi connectivity index (χ3v) is 8.20. The lowest BCUT2D eigenvalue weighted by atomic mass is 9.95. The van der Waals surface area contributed by atoms with Crippen molar-refractivity contribution in [3.05, 3.63) is 80.8 Å². The maximum atomic E-state index is 14.3. The number of methoxy groups -OCH3 is 3. The zero-order valence-corrected chi connectivity index (χ0v) is 25.5. The summed E-state index contributed by atoms with van der Waals surface area (Å²) in [5.41, 5.74) is 3.39. The quantitative estimate of drug-likeness (QED) is 0.261. The minimum Gasteiger partial charge on any atom is -0.493 e. The second kappa shape index (κ2) is 13.1. The third kappa shape index (κ3) is 7.05. The van der Waals surface area contributed by atoms with Gasteiger partial charge in [-0.2, -0.15) is 8.42 Å². The van der Waals surface area contributed by atoms with E-state index in [1.165, 1.54) is 45.2 Å². The summed E-state index contributed by atoms with van der Waals surface area (Å²) in [5.74, 6) is 0.336. The summed E-state index contributed by atoms with van der Waals surface area (Å²) in [6, 6.07) is 10.3. The van der Waals surface area contributed by atoms with Gasteiger partial charge in [-0.15, -0.1) is 11.8 Å². The summed E-state index contributed by atoms with van der Waals surface area (Å²) in [6.07, 6.45) is 3.52. The van der Waals surface area contributed by atoms with Crippen molar-refractivity contribution in [3.8, 4) is 28.4 Å². The number of benzene rings is 2. The van der Waals surface area contributed by atoms with Crippen LogP contribution in [-0.2, 0) is 38.5 Å². The van der Waals surface area contributed by atoms with E-state index in [4.69, 9.17) is 18.4 Å². The van der Waals surface area contributed by atoms with Gasteiger partial charge in [-0.1, -0.05) is 12.1 Å². The number of nitrogens with one attached hydrogen (secondary N) is 1. The predicted molar refractivity (Wildman–Crippen MR) is 159 cm³/mol. The first-order valence-corrected chi connectivity index (χ1v) is 16.0. The number of hydrogen-bond acceptors (Lipinski definition) is 9. The molecule has 4 rings (SSSR count). The maximum absolute atomic E-state index is 14.3. The molecule has 9 nitrogen and oxygen atoms in total. The molecule has 1 N–H and O–H groups in total. The van der Waals surface area contributed by atoms with Gasteiger partial charge in [0.25, 0.3) is 10.1 Å². The Hall–Kier alpha value is -3.61. The molecule has 0 unspecified atom stereocenters. The molecular weight excluding hydrogens is 585 g/mol. The van der Waals surface area contributed by atoms with Crippen molar-refractivity contribution < 1.29 is 36.0 Å². The standard InChI is InChI=1S/C30H32FNO8S2/c1-37-25-14-19-6-8-23(32-27(34)13-17-10-18(12-20(31)11-17)16-40-42(5,35)36)22-15-24(33)26(41-4)9-7-21(22)28(19)30(39-3)29(25)38-2/h7,9-12,14-15,23H,6,8,13,16H2,1-5H3,(H,32,34)/t23-/m0/s1. The van der Waals surface area contributed by atoms with E-state index in [2.05, 4.69) is 5.32 Å². The van der Waals surface area contributed by atoms with Gasteiger partial charge in [-0.25, -0.2) is 4.39 Å². The topological polar surface area (TPSA) is 117 Å². The number of ether oxygens (including phenoxy) is 3. The predicted octanol–water partition coefficient (Wildman–Crippen LogP) is 4.42. The number of carbonyl (C=O) groups is 1. The molecule has 1 amide bonds. The molecule has 1 aliphatic rings. The van der Waals surface area contributed by atoms with Crippen LogP contribution in [0.2, 0.25) is 0 Å². The summed E-state index contributed by atoms with van der Waals surface area (Å²) in [7, 11) is 0.864. The molecule has 0 saturated carbocycles. The van der Waals surface area contributed by atoms with Gasteiger partial charge in [0.1, 0.15) is 5.82 Å². The molecule has 0 heterocycles. The number of amides is 1. The summed E-state index contributed by atoms with van der Waals surface area (Å²) >= 11 is 1.32. The van der Waals surface area contributed by atoms with E-state index < -0.39 is 27.9 Å². The van der Waals surface area contributed by atoms with Crippen LogP contribution in [0, 0.1) is 5.82 Å². The zero-order chi connectivity index (χ0) is 30.6. The van der Waals surface area contributed by atoms with Crippen molar-refractivity contribution in [2.24, 2.45) is 0 Å². The molecule has 0 fully saturated rings. The second-order valence-corrected chi connectivity index (χ2v) is 12.2. The highest BCUT2D eigenvalue weighted by molar-refractivity contribution is 7.98. The lowest BCUT2D eigenvalue weighted by molar-refractivity contribution is -0.121. The average molecular weight is 618 g/mol. The highest BCUT2D eigenvalue weighted by atomic mass is 32.2. The Morgan fingerprint density at radius 1 is 1.02 bits per heavy atom. The van der Waals surface area contributed by atoms with Crippen LogP contribution in [-0.4, -0.2) is 48.2 Å². The van der Waals surface area contributed by atoms with Gasteiger partial charge in [0.15, 0.2) is 16.9 Å². The smallest absolute Gasteiger partial charge is 0.264 e. The monoisotopic (exact) mass is 617 g/mol. The lowest BCUT2D eigenvalue weighted by Gasteiger charge is -2.20. The van der Waals surface area contributed by atoms with Crippen LogP contribution in [0.1, 0.15) is 34.7 Å². The largest absolute Gasteiger partial charge is 0.493 e. The van der Waals surface area contributed by atoms with Crippen LogP contribution in [0.4, 0.5) is 4.39 Å². The zero-order valence-electron chi connectivity index (χ0n) is 23.9. The molecule has 1 atom stereocenters. The molecule has 224 valence electrons. The van der Waals surface area contributed by atoms with E-state index in [1.807, 2.05) is 18.4 Å². The van der Waals surface area contributed by atoms with Crippen molar-refractivity contribution >= 4 is 27.8 Å². The van der Waals surface area contributed by atoms with Crippen molar-refractivity contribution in [1.82, 2.24) is 5.32 Å². The molecule has 1 aliphatic carbocycles. The summed E-state index contributed by atoms with van der Waals surface area (Å²) in [5, 5.41) is 3.03. The molecule has 0 aliphatic heterocycles. The highest BCUT2D eigenvalue weighted by Crippen LogP contribution is 2.50. The first-order chi connectivity index (χ1) is 20.0. The Labute approximate surface area is 248 Å². The van der Waals surface area contributed by atoms with Gasteiger partial charge < -0.3 is 19.5 Å². The third-order valence-electron chi connectivity index (χ3n) is 6.88. The molecular formula is C30H32FNO8S2. The van der Waals surface area contributed by atoms with Crippen LogP contribution < -0.4 is 25.0 Å². The van der Waals surface area contributed by atoms with Crippen molar-refractivity contribution in [2.75, 3.05) is 33.8 Å². The van der Waals surface area contributed by atoms with Gasteiger partial charge in [-0.3, -0.25) is 13.8 Å². The fraction of sp³-hybridized carbons (Fsp3) is 0.333. The van der Waals surface area contributed by atoms with E-state index in [9.17, 15) is 22.4 Å². The van der Waals surface area contributed by atoms with Crippen LogP contribution in [0.5, 0.6) is 17.2 Å². The van der Waals surface area contributed by atoms with Gasteiger partial charge in [-0.05, 0) is 77.2 Å². The number of halogens is 1. The van der Waals surface area contributed by atoms with Crippen molar-refractivity contribution in [1.29, 1.82) is 0 Å². The average Bonchev–Trinajstić information content (AvgIpc) is 3.18. The molecule has 0 radical (unpaired) electrons. The van der Waals surface area contributed by atoms with Gasteiger partial charge in [0.2, 0.25) is 11.7 Å². The Kier molecular flexibility index (Phi) is 9.80. The number of thioether (sulfide) groups is 1. The molecule has 0 aromatic heterocycles. The molecule has 3 aromatic rings. The Bertz CT molecular complexity index is 1680. The van der Waals surface area contributed by atoms with Crippen LogP contribution >= 0.6 is 11.8 Å². The second-order valence-electron chi connectivity index (χ2n) is 9.73. The number of fused-ring (bicyclic) bond motifs is 3. The molecule has 12 heteroatoms. The number of hydrogen-bond donors (Lipinski definition) is 1. The first kappa shape index (κ1) is 31.3. The molecule has 0 bridgehead atoms. The van der Waals surface area contributed by atoms with Gasteiger partial charge in [0, 0.05) is 5.56 Å². The van der Waals surface area contributed by atoms with Crippen molar-refractivity contribution in [2.45, 2.75) is 36.8 Å². The minimum absolute atomic E-state index is 0.174. The van der Waals surface area contributed by atoms with Crippen LogP contribution in [0.15, 0.2) is 52.2 Å². The minimum atomic E-state index is -3.73. The summed E-state index contributed by atoms with van der Waals surface area (Å²) in [6.45, 7) is -0.352. The Morgan fingerprint density at radius 3 is 2.38 bits per heavy atom. The van der Waals surface area contributed by atoms with Gasteiger partial charge in [0.05, 0.1) is 51.6 Å². The first-order valence-electron chi connectivity index (χ1n) is 12.9. The Balaban J connectivity index is 1.74. The lowest BCUT2D eigenvalue weighted by Crippen LogP contribution is -2.30. The van der Waals surface area contributed by atoms with E-state index >= 15 is 0 Å². The number of rotatable bonds is 10. The maximum Gasteiger partial charge on any atom is 0.264 e. The fourth-order valence-corrected chi connectivity index (χ4v) is 5.94. The van der Waals surface area contributed by atoms with Crippen LogP contribution in [0.3, 0.4) is 0 Å². The van der Waals surface area contributed by atoms with E-state index in [0.717, 1.165) is 23.4 Å². The molecule has 3 aromatic carbocycles. The molecule has 0 saturated heterocycles. The summed E-state index contributed by atoms with van der Waals surface area (Å²) in [4.78, 5) is 27.0. The highest BCUT2D eigenvalue weighted by Gasteiger charge is 2.30. The Morgan fingerprint density at radius 2 is 1.74 bits per heavy atom. The SMILES string of the molecule is COc1cc2c(c(OC)c1OC)-c1ccc(SC)c(=O)cc1[C@@H](NC(=O)Cc1cc(F)cc(COS(C)(=O)=O)c1)CC2. The molecule has 0 spiro atoms. The number of aryl methyl sites for hydroxylation is 1. The fourth-order valence-electron chi connectivity index (χ4n) is 5.13. The normalized spacial score (nSPS) is 14.3. The van der Waals surface area contributed by atoms with Gasteiger partial charge >= 0.3 is 0 Å². The van der Waals surface area contributed by atoms with Crippen LogP contribution in [0.25, 0.3) is 11.1 Å². The number of carbonyl (C=O) groups excluding carboxylic acids is 1. The van der Waals surface area contributed by atoms with Crippen molar-refractivity contribution in [3.63, 3.8) is 0 Å². The summed E-state index contributed by atoms with van der Waals surface area (Å²) < 4.78 is 58.8.